The number of aryl methyl sites for hydroxylation is 2. The second-order valence-corrected chi connectivity index (χ2v) is 9.83. The molecule has 1 saturated heterocycles. The van der Waals surface area contributed by atoms with Crippen LogP contribution in [-0.2, 0) is 24.2 Å². The maximum Gasteiger partial charge on any atom is 0.325 e. The van der Waals surface area contributed by atoms with Crippen LogP contribution >= 0.6 is 11.8 Å². The molecule has 8 nitrogen and oxygen atoms in total. The monoisotopic (exact) mass is 414 g/mol. The van der Waals surface area contributed by atoms with Gasteiger partial charge in [0, 0.05) is 10.9 Å². The van der Waals surface area contributed by atoms with Crippen molar-refractivity contribution in [3.8, 4) is 0 Å². The summed E-state index contributed by atoms with van der Waals surface area (Å²) in [6.07, 6.45) is 0.513. The van der Waals surface area contributed by atoms with E-state index in [1.807, 2.05) is 26.0 Å². The van der Waals surface area contributed by atoms with Gasteiger partial charge in [-0.05, 0) is 31.9 Å². The van der Waals surface area contributed by atoms with E-state index < -0.39 is 34.4 Å². The van der Waals surface area contributed by atoms with Crippen molar-refractivity contribution in [1.82, 2.24) is 5.32 Å². The second-order valence-electron chi connectivity index (χ2n) is 6.32. The lowest BCUT2D eigenvalue weighted by atomic mass is 10.1. The number of amides is 3. The molecule has 0 radical (unpaired) electrons. The summed E-state index contributed by atoms with van der Waals surface area (Å²) in [4.78, 5) is 35.2. The van der Waals surface area contributed by atoms with Crippen molar-refractivity contribution in [1.29, 1.82) is 0 Å². The molecule has 1 heterocycles. The van der Waals surface area contributed by atoms with Gasteiger partial charge in [0.2, 0.25) is 0 Å². The molecule has 1 aliphatic heterocycles. The first-order valence-electron chi connectivity index (χ1n) is 8.30. The number of sulfone groups is 1. The Labute approximate surface area is 162 Å². The molecule has 0 aliphatic carbocycles. The van der Waals surface area contributed by atoms with Crippen LogP contribution in [0.5, 0.6) is 0 Å². The lowest BCUT2D eigenvalue weighted by molar-refractivity contribution is -0.145. The highest BCUT2D eigenvalue weighted by atomic mass is 32.2. The molecule has 1 aromatic rings. The highest BCUT2D eigenvalue weighted by Crippen LogP contribution is 2.24. The van der Waals surface area contributed by atoms with Crippen LogP contribution in [0, 0.1) is 13.8 Å². The van der Waals surface area contributed by atoms with E-state index in [9.17, 15) is 22.8 Å². The third-order valence-corrected chi connectivity index (χ3v) is 7.13. The van der Waals surface area contributed by atoms with Gasteiger partial charge in [-0.2, -0.15) is 0 Å². The van der Waals surface area contributed by atoms with Crippen LogP contribution in [0.4, 0.5) is 10.5 Å². The van der Waals surface area contributed by atoms with E-state index >= 15 is 0 Å². The summed E-state index contributed by atoms with van der Waals surface area (Å²) in [6.45, 7) is 3.18. The minimum Gasteiger partial charge on any atom is -0.455 e. The number of benzene rings is 1. The first kappa shape index (κ1) is 21.2. The van der Waals surface area contributed by atoms with Gasteiger partial charge < -0.3 is 10.1 Å². The van der Waals surface area contributed by atoms with Crippen molar-refractivity contribution in [3.05, 3.63) is 29.3 Å². The summed E-state index contributed by atoms with van der Waals surface area (Å²) in [5.41, 5.74) is 2.48. The molecule has 0 saturated carbocycles. The molecule has 2 N–H and O–H groups in total. The topological polar surface area (TPSA) is 119 Å². The molecule has 0 unspecified atom stereocenters. The largest absolute Gasteiger partial charge is 0.455 e. The number of esters is 1. The number of nitrogens with one attached hydrogen (secondary N) is 2. The van der Waals surface area contributed by atoms with E-state index in [4.69, 9.17) is 4.74 Å². The Balaban J connectivity index is 1.67. The van der Waals surface area contributed by atoms with Crippen molar-refractivity contribution >= 4 is 45.2 Å². The average molecular weight is 415 g/mol. The van der Waals surface area contributed by atoms with Crippen molar-refractivity contribution in [3.63, 3.8) is 0 Å². The predicted molar refractivity (Wildman–Crippen MR) is 104 cm³/mol. The zero-order valence-electron chi connectivity index (χ0n) is 15.1. The minimum atomic E-state index is -3.00. The summed E-state index contributed by atoms with van der Waals surface area (Å²) < 4.78 is 27.5. The molecule has 0 bridgehead atoms. The number of thioether (sulfide) groups is 1. The highest BCUT2D eigenvalue weighted by molar-refractivity contribution is 8.02. The summed E-state index contributed by atoms with van der Waals surface area (Å²) >= 11 is 1.20. The molecule has 1 aliphatic rings. The van der Waals surface area contributed by atoms with E-state index in [1.165, 1.54) is 11.8 Å². The van der Waals surface area contributed by atoms with E-state index in [1.54, 1.807) is 6.07 Å². The minimum absolute atomic E-state index is 0.0395. The number of hydrogen-bond acceptors (Lipinski definition) is 7. The molecule has 1 atom stereocenters. The Morgan fingerprint density at radius 3 is 2.63 bits per heavy atom. The number of imide groups is 1. The quantitative estimate of drug-likeness (QED) is 0.676. The third-order valence-electron chi connectivity index (χ3n) is 3.87. The highest BCUT2D eigenvalue weighted by Gasteiger charge is 2.28. The fourth-order valence-electron chi connectivity index (χ4n) is 2.54. The molecule has 148 valence electrons. The van der Waals surface area contributed by atoms with Crippen LogP contribution in [0.25, 0.3) is 0 Å². The van der Waals surface area contributed by atoms with Gasteiger partial charge in [0.25, 0.3) is 5.91 Å². The Morgan fingerprint density at radius 2 is 2.00 bits per heavy atom. The van der Waals surface area contributed by atoms with Gasteiger partial charge in [0.1, 0.15) is 0 Å². The predicted octanol–water partition coefficient (Wildman–Crippen LogP) is 1.42. The maximum absolute atomic E-state index is 11.8. The van der Waals surface area contributed by atoms with Gasteiger partial charge in [0.05, 0.1) is 17.3 Å². The Bertz CT molecular complexity index is 838. The Morgan fingerprint density at radius 1 is 1.26 bits per heavy atom. The van der Waals surface area contributed by atoms with Crippen LogP contribution in [0.3, 0.4) is 0 Å². The van der Waals surface area contributed by atoms with Gasteiger partial charge in [-0.3, -0.25) is 14.9 Å². The van der Waals surface area contributed by atoms with Gasteiger partial charge in [-0.25, -0.2) is 13.2 Å². The lowest BCUT2D eigenvalue weighted by Gasteiger charge is -2.10. The molecule has 1 fully saturated rings. The number of ether oxygens (including phenoxy) is 1. The molecule has 0 spiro atoms. The number of carbonyl (C=O) groups excluding carboxylic acids is 3. The molecule has 1 aromatic carbocycles. The van der Waals surface area contributed by atoms with Crippen molar-refractivity contribution in [2.45, 2.75) is 25.5 Å². The van der Waals surface area contributed by atoms with Crippen LogP contribution < -0.4 is 10.6 Å². The second kappa shape index (κ2) is 9.23. The van der Waals surface area contributed by atoms with Crippen molar-refractivity contribution in [2.24, 2.45) is 0 Å². The molecule has 27 heavy (non-hydrogen) atoms. The summed E-state index contributed by atoms with van der Waals surface area (Å²) in [6, 6.07) is 4.75. The SMILES string of the molecule is Cc1ccc(NC(=O)NC(=O)COC(=O)CS[C@@H]2CCS(=O)(=O)C2)c(C)c1. The zero-order valence-corrected chi connectivity index (χ0v) is 16.7. The summed E-state index contributed by atoms with van der Waals surface area (Å²) in [5.74, 6) is -1.22. The van der Waals surface area contributed by atoms with Crippen molar-refractivity contribution in [2.75, 3.05) is 29.2 Å². The van der Waals surface area contributed by atoms with Crippen molar-refractivity contribution < 1.29 is 27.5 Å². The lowest BCUT2D eigenvalue weighted by Crippen LogP contribution is -2.37. The standard InChI is InChI=1S/C17H22N2O6S2/c1-11-3-4-14(12(2)7-11)18-17(22)19-15(20)8-25-16(21)9-26-13-5-6-27(23,24)10-13/h3-4,7,13H,5-6,8-10H2,1-2H3,(H2,18,19,20,22)/t13-/m1/s1. The molecule has 10 heteroatoms. The number of urea groups is 1. The van der Waals surface area contributed by atoms with E-state index in [-0.39, 0.29) is 22.5 Å². The summed E-state index contributed by atoms with van der Waals surface area (Å²) in [5, 5.41) is 4.51. The number of rotatable bonds is 6. The van der Waals surface area contributed by atoms with Crippen LogP contribution in [0.2, 0.25) is 0 Å². The van der Waals surface area contributed by atoms with Crippen LogP contribution in [0.1, 0.15) is 17.5 Å². The molecular formula is C17H22N2O6S2. The normalized spacial score (nSPS) is 17.9. The Hall–Kier alpha value is -2.07. The molecule has 3 amide bonds. The molecular weight excluding hydrogens is 392 g/mol. The zero-order chi connectivity index (χ0) is 20.0. The van der Waals surface area contributed by atoms with Gasteiger partial charge in [-0.1, -0.05) is 17.7 Å². The van der Waals surface area contributed by atoms with Crippen LogP contribution in [-0.4, -0.2) is 55.4 Å². The van der Waals surface area contributed by atoms with Crippen LogP contribution in [0.15, 0.2) is 18.2 Å². The van der Waals surface area contributed by atoms with Gasteiger partial charge >= 0.3 is 12.0 Å². The maximum atomic E-state index is 11.8. The number of anilines is 1. The van der Waals surface area contributed by atoms with E-state index in [0.717, 1.165) is 11.1 Å². The number of carbonyl (C=O) groups is 3. The van der Waals surface area contributed by atoms with Gasteiger partial charge in [-0.15, -0.1) is 11.8 Å². The smallest absolute Gasteiger partial charge is 0.325 e. The van der Waals surface area contributed by atoms with Gasteiger partial charge in [0.15, 0.2) is 16.4 Å². The van der Waals surface area contributed by atoms with E-state index in [0.29, 0.717) is 12.1 Å². The molecule has 0 aromatic heterocycles. The fourth-order valence-corrected chi connectivity index (χ4v) is 5.98. The fraction of sp³-hybridized carbons (Fsp3) is 0.471. The third kappa shape index (κ3) is 7.22. The summed E-state index contributed by atoms with van der Waals surface area (Å²) in [7, 11) is -3.00. The van der Waals surface area contributed by atoms with E-state index in [2.05, 4.69) is 10.6 Å². The molecule has 2 rings (SSSR count). The number of hydrogen-bond donors (Lipinski definition) is 2. The first-order valence-corrected chi connectivity index (χ1v) is 11.2. The Kier molecular flexibility index (Phi) is 7.25. The first-order chi connectivity index (χ1) is 12.6. The average Bonchev–Trinajstić information content (AvgIpc) is 2.92.